The van der Waals surface area contributed by atoms with E-state index in [9.17, 15) is 13.2 Å². The Balaban J connectivity index is 2.82. The molecule has 0 aliphatic carbocycles. The van der Waals surface area contributed by atoms with Gasteiger partial charge in [-0.3, -0.25) is 4.79 Å². The third-order valence-electron chi connectivity index (χ3n) is 2.74. The first kappa shape index (κ1) is 17.2. The van der Waals surface area contributed by atoms with E-state index in [0.717, 1.165) is 17.4 Å². The largest absolute Gasteiger partial charge is 0.349 e. The molecule has 0 aliphatic rings. The van der Waals surface area contributed by atoms with Crippen LogP contribution in [0.2, 0.25) is 0 Å². The third-order valence-corrected chi connectivity index (χ3v) is 3.85. The summed E-state index contributed by atoms with van der Waals surface area (Å²) in [7, 11) is -3.12. The third kappa shape index (κ3) is 5.98. The summed E-state index contributed by atoms with van der Waals surface area (Å²) in [4.78, 5) is 12.1. The number of benzene rings is 1. The van der Waals surface area contributed by atoms with Gasteiger partial charge in [0.1, 0.15) is 9.84 Å². The van der Waals surface area contributed by atoms with Crippen LogP contribution in [0.5, 0.6) is 0 Å². The van der Waals surface area contributed by atoms with Crippen LogP contribution >= 0.6 is 0 Å². The summed E-state index contributed by atoms with van der Waals surface area (Å²) in [6.45, 7) is 3.80. The standard InChI is InChI=1S/C15H20N2O3S/c1-11-9-14(7-6-13(11)5-4-8-16)15(18)17-12(2)10-21(3,19)20/h6-7,9,12H,8,10,16H2,1-3H3,(H,17,18). The van der Waals surface area contributed by atoms with E-state index in [0.29, 0.717) is 5.56 Å². The molecule has 0 saturated heterocycles. The van der Waals surface area contributed by atoms with E-state index >= 15 is 0 Å². The average molecular weight is 308 g/mol. The van der Waals surface area contributed by atoms with Gasteiger partial charge in [0.25, 0.3) is 5.91 Å². The van der Waals surface area contributed by atoms with Gasteiger partial charge >= 0.3 is 0 Å². The van der Waals surface area contributed by atoms with Gasteiger partial charge in [-0.1, -0.05) is 11.8 Å². The molecule has 0 aromatic heterocycles. The Hall–Kier alpha value is -1.84. The molecule has 0 saturated carbocycles. The topological polar surface area (TPSA) is 89.3 Å². The molecular weight excluding hydrogens is 288 g/mol. The Morgan fingerprint density at radius 1 is 1.43 bits per heavy atom. The molecule has 0 aliphatic heterocycles. The Morgan fingerprint density at radius 3 is 2.62 bits per heavy atom. The van der Waals surface area contributed by atoms with Crippen molar-refractivity contribution in [2.24, 2.45) is 5.73 Å². The minimum absolute atomic E-state index is 0.0855. The minimum atomic E-state index is -3.12. The van der Waals surface area contributed by atoms with E-state index in [2.05, 4.69) is 17.2 Å². The summed E-state index contributed by atoms with van der Waals surface area (Å²) in [6.07, 6.45) is 1.14. The number of amides is 1. The number of hydrogen-bond donors (Lipinski definition) is 2. The molecule has 1 amide bonds. The first-order valence-corrected chi connectivity index (χ1v) is 8.57. The van der Waals surface area contributed by atoms with Crippen LogP contribution in [0.1, 0.15) is 28.4 Å². The van der Waals surface area contributed by atoms with E-state index in [-0.39, 0.29) is 18.2 Å². The van der Waals surface area contributed by atoms with Crippen molar-refractivity contribution >= 4 is 15.7 Å². The zero-order valence-corrected chi connectivity index (χ0v) is 13.3. The van der Waals surface area contributed by atoms with Gasteiger partial charge in [-0.25, -0.2) is 8.42 Å². The molecule has 1 aromatic rings. The van der Waals surface area contributed by atoms with Gasteiger partial charge in [-0.15, -0.1) is 0 Å². The number of rotatable bonds is 4. The fourth-order valence-corrected chi connectivity index (χ4v) is 2.89. The highest BCUT2D eigenvalue weighted by atomic mass is 32.2. The SMILES string of the molecule is Cc1cc(C(=O)NC(C)CS(C)(=O)=O)ccc1C#CCN. The van der Waals surface area contributed by atoms with Crippen molar-refractivity contribution < 1.29 is 13.2 Å². The molecule has 3 N–H and O–H groups in total. The van der Waals surface area contributed by atoms with Gasteiger partial charge in [0.15, 0.2) is 0 Å². The summed E-state index contributed by atoms with van der Waals surface area (Å²) in [5.41, 5.74) is 7.50. The molecule has 1 unspecified atom stereocenters. The molecule has 1 atom stereocenters. The zero-order chi connectivity index (χ0) is 16.0. The average Bonchev–Trinajstić information content (AvgIpc) is 2.34. The fraction of sp³-hybridized carbons (Fsp3) is 0.400. The van der Waals surface area contributed by atoms with Crippen molar-refractivity contribution in [3.05, 3.63) is 34.9 Å². The summed E-state index contributed by atoms with van der Waals surface area (Å²) in [6, 6.07) is 4.71. The monoisotopic (exact) mass is 308 g/mol. The smallest absolute Gasteiger partial charge is 0.251 e. The lowest BCUT2D eigenvalue weighted by atomic mass is 10.0. The Morgan fingerprint density at radius 2 is 2.10 bits per heavy atom. The van der Waals surface area contributed by atoms with Crippen molar-refractivity contribution in [1.82, 2.24) is 5.32 Å². The number of nitrogens with two attached hydrogens (primary N) is 1. The summed E-state index contributed by atoms with van der Waals surface area (Å²) in [5, 5.41) is 2.67. The molecular formula is C15H20N2O3S. The first-order chi connectivity index (χ1) is 9.73. The summed E-state index contributed by atoms with van der Waals surface area (Å²) < 4.78 is 22.4. The lowest BCUT2D eigenvalue weighted by molar-refractivity contribution is 0.0943. The van der Waals surface area contributed by atoms with Crippen LogP contribution in [0.25, 0.3) is 0 Å². The van der Waals surface area contributed by atoms with Crippen LogP contribution in [-0.4, -0.2) is 38.9 Å². The second kappa shape index (κ2) is 7.25. The number of nitrogens with one attached hydrogen (secondary N) is 1. The van der Waals surface area contributed by atoms with E-state index < -0.39 is 15.9 Å². The predicted molar refractivity (Wildman–Crippen MR) is 83.8 cm³/mol. The maximum atomic E-state index is 12.1. The Bertz CT molecular complexity index is 685. The van der Waals surface area contributed by atoms with Crippen LogP contribution < -0.4 is 11.1 Å². The molecule has 21 heavy (non-hydrogen) atoms. The Kier molecular flexibility index (Phi) is 5.94. The van der Waals surface area contributed by atoms with E-state index in [4.69, 9.17) is 5.73 Å². The number of carbonyl (C=O) groups excluding carboxylic acids is 1. The maximum absolute atomic E-state index is 12.1. The molecule has 0 heterocycles. The molecule has 0 spiro atoms. The highest BCUT2D eigenvalue weighted by molar-refractivity contribution is 7.90. The van der Waals surface area contributed by atoms with Crippen LogP contribution in [-0.2, 0) is 9.84 Å². The molecule has 114 valence electrons. The van der Waals surface area contributed by atoms with E-state index in [1.807, 2.05) is 6.92 Å². The van der Waals surface area contributed by atoms with Gasteiger partial charge in [0.05, 0.1) is 12.3 Å². The van der Waals surface area contributed by atoms with Crippen molar-refractivity contribution in [2.45, 2.75) is 19.9 Å². The lowest BCUT2D eigenvalue weighted by Gasteiger charge is -2.13. The Labute approximate surface area is 125 Å². The van der Waals surface area contributed by atoms with Gasteiger partial charge in [-0.2, -0.15) is 0 Å². The van der Waals surface area contributed by atoms with Gasteiger partial charge in [0.2, 0.25) is 0 Å². The van der Waals surface area contributed by atoms with Crippen molar-refractivity contribution in [2.75, 3.05) is 18.6 Å². The molecule has 6 heteroatoms. The quantitative estimate of drug-likeness (QED) is 0.791. The van der Waals surface area contributed by atoms with E-state index in [1.54, 1.807) is 25.1 Å². The second-order valence-electron chi connectivity index (χ2n) is 5.00. The van der Waals surface area contributed by atoms with Crippen LogP contribution in [0, 0.1) is 18.8 Å². The fourth-order valence-electron chi connectivity index (χ4n) is 1.89. The normalized spacial score (nSPS) is 12.2. The molecule has 1 rings (SSSR count). The number of carbonyl (C=O) groups is 1. The minimum Gasteiger partial charge on any atom is -0.349 e. The van der Waals surface area contributed by atoms with Crippen LogP contribution in [0.3, 0.4) is 0 Å². The van der Waals surface area contributed by atoms with Crippen molar-refractivity contribution in [3.8, 4) is 11.8 Å². The molecule has 0 bridgehead atoms. The number of sulfone groups is 1. The zero-order valence-electron chi connectivity index (χ0n) is 12.4. The first-order valence-electron chi connectivity index (χ1n) is 6.51. The molecule has 1 aromatic carbocycles. The number of hydrogen-bond acceptors (Lipinski definition) is 4. The molecule has 0 fully saturated rings. The van der Waals surface area contributed by atoms with Crippen LogP contribution in [0.15, 0.2) is 18.2 Å². The lowest BCUT2D eigenvalue weighted by Crippen LogP contribution is -2.37. The molecule has 5 nitrogen and oxygen atoms in total. The van der Waals surface area contributed by atoms with Gasteiger partial charge in [-0.05, 0) is 37.6 Å². The van der Waals surface area contributed by atoms with E-state index in [1.165, 1.54) is 0 Å². The maximum Gasteiger partial charge on any atom is 0.251 e. The summed E-state index contributed by atoms with van der Waals surface area (Å²) in [5.74, 6) is 5.30. The summed E-state index contributed by atoms with van der Waals surface area (Å²) >= 11 is 0. The second-order valence-corrected chi connectivity index (χ2v) is 7.19. The van der Waals surface area contributed by atoms with Gasteiger partial charge in [0, 0.05) is 23.4 Å². The predicted octanol–water partition coefficient (Wildman–Crippen LogP) is 0.468. The van der Waals surface area contributed by atoms with Crippen LogP contribution in [0.4, 0.5) is 0 Å². The highest BCUT2D eigenvalue weighted by Crippen LogP contribution is 2.10. The highest BCUT2D eigenvalue weighted by Gasteiger charge is 2.14. The van der Waals surface area contributed by atoms with Gasteiger partial charge < -0.3 is 11.1 Å². The number of aryl methyl sites for hydroxylation is 1. The van der Waals surface area contributed by atoms with Crippen molar-refractivity contribution in [3.63, 3.8) is 0 Å². The molecule has 0 radical (unpaired) electrons. The van der Waals surface area contributed by atoms with Crippen molar-refractivity contribution in [1.29, 1.82) is 0 Å².